The highest BCUT2D eigenvalue weighted by Crippen LogP contribution is 2.35. The average molecular weight is 433 g/mol. The zero-order valence-corrected chi connectivity index (χ0v) is 19.5. The van der Waals surface area contributed by atoms with Gasteiger partial charge in [0.05, 0.1) is 5.69 Å². The lowest BCUT2D eigenvalue weighted by molar-refractivity contribution is 0.477. The van der Waals surface area contributed by atoms with E-state index in [9.17, 15) is 0 Å². The molecule has 0 atom stereocenters. The number of hydrogen-bond acceptors (Lipinski definition) is 5. The van der Waals surface area contributed by atoms with Gasteiger partial charge in [0.15, 0.2) is 0 Å². The summed E-state index contributed by atoms with van der Waals surface area (Å²) < 4.78 is 15.2. The molecule has 1 fully saturated rings. The van der Waals surface area contributed by atoms with Gasteiger partial charge in [0.2, 0.25) is 5.95 Å². The van der Waals surface area contributed by atoms with Crippen molar-refractivity contribution in [1.29, 1.82) is 0 Å². The molecule has 0 bridgehead atoms. The lowest BCUT2D eigenvalue weighted by Gasteiger charge is -2.24. The molecule has 0 unspecified atom stereocenters. The minimum Gasteiger partial charge on any atom is -0.388 e. The number of benzene rings is 1. The van der Waals surface area contributed by atoms with E-state index in [1.165, 1.54) is 0 Å². The first-order valence-corrected chi connectivity index (χ1v) is 11.4. The van der Waals surface area contributed by atoms with Crippen LogP contribution in [0.5, 0.6) is 0 Å². The molecule has 1 aromatic heterocycles. The van der Waals surface area contributed by atoms with Crippen molar-refractivity contribution in [1.82, 2.24) is 20.6 Å². The summed E-state index contributed by atoms with van der Waals surface area (Å²) >= 11 is 0. The Kier molecular flexibility index (Phi) is 8.45. The smallest absolute Gasteiger partial charge is 0.223 e. The molecule has 2 aromatic rings. The maximum Gasteiger partial charge on any atom is 0.223 e. The van der Waals surface area contributed by atoms with Gasteiger partial charge in [-0.2, -0.15) is 0 Å². The van der Waals surface area contributed by atoms with Crippen molar-refractivity contribution in [3.05, 3.63) is 59.3 Å². The van der Waals surface area contributed by atoms with Crippen LogP contribution < -0.4 is 21.4 Å². The first-order valence-electron chi connectivity index (χ1n) is 11.4. The van der Waals surface area contributed by atoms with E-state index in [0.717, 1.165) is 54.8 Å². The minimum atomic E-state index is -0.409. The third kappa shape index (κ3) is 5.97. The molecule has 3 rings (SSSR count). The second kappa shape index (κ2) is 11.3. The van der Waals surface area contributed by atoms with Gasteiger partial charge in [-0.1, -0.05) is 36.2 Å². The number of piperidine rings is 1. The molecule has 3 N–H and O–H groups in total. The van der Waals surface area contributed by atoms with E-state index >= 15 is 4.39 Å². The number of aromatic nitrogens is 2. The van der Waals surface area contributed by atoms with Crippen LogP contribution in [-0.2, 0) is 0 Å². The van der Waals surface area contributed by atoms with Crippen molar-refractivity contribution < 1.29 is 4.39 Å². The van der Waals surface area contributed by atoms with Crippen LogP contribution >= 0.6 is 0 Å². The number of allylic oxidation sites excluding steroid dienone is 3. The van der Waals surface area contributed by atoms with Gasteiger partial charge >= 0.3 is 0 Å². The van der Waals surface area contributed by atoms with Gasteiger partial charge in [-0.3, -0.25) is 0 Å². The maximum absolute atomic E-state index is 15.2. The fourth-order valence-corrected chi connectivity index (χ4v) is 3.78. The van der Waals surface area contributed by atoms with Crippen LogP contribution in [0.15, 0.2) is 42.2 Å². The number of anilines is 1. The fourth-order valence-electron chi connectivity index (χ4n) is 3.78. The van der Waals surface area contributed by atoms with E-state index in [1.807, 2.05) is 19.2 Å². The molecule has 32 heavy (non-hydrogen) atoms. The monoisotopic (exact) mass is 433 g/mol. The van der Waals surface area contributed by atoms with Crippen LogP contribution in [0.2, 0.25) is 0 Å². The van der Waals surface area contributed by atoms with Crippen LogP contribution in [0, 0.1) is 5.82 Å². The SMILES string of the molecule is [B]c1cccc(C(=C(/C)CC)/C(=C\NC(C)C)c2ccnc(NC3CCNCC3)n2)c1F. The van der Waals surface area contributed by atoms with E-state index < -0.39 is 5.82 Å². The molecule has 1 aliphatic rings. The highest BCUT2D eigenvalue weighted by molar-refractivity contribution is 6.32. The van der Waals surface area contributed by atoms with Gasteiger partial charge in [0.25, 0.3) is 0 Å². The Morgan fingerprint density at radius 2 is 2.03 bits per heavy atom. The largest absolute Gasteiger partial charge is 0.388 e. The van der Waals surface area contributed by atoms with Crippen molar-refractivity contribution in [2.45, 2.75) is 59.0 Å². The van der Waals surface area contributed by atoms with Crippen molar-refractivity contribution >= 4 is 30.4 Å². The minimum absolute atomic E-state index is 0.135. The number of nitrogens with one attached hydrogen (secondary N) is 3. The van der Waals surface area contributed by atoms with Crippen LogP contribution in [-0.4, -0.2) is 43.0 Å². The Morgan fingerprint density at radius 1 is 1.28 bits per heavy atom. The number of rotatable bonds is 8. The predicted octanol–water partition coefficient (Wildman–Crippen LogP) is 3.80. The quantitative estimate of drug-likeness (QED) is 0.437. The molecular formula is C25H33BFN5. The van der Waals surface area contributed by atoms with Gasteiger partial charge in [0, 0.05) is 35.6 Å². The lowest BCUT2D eigenvalue weighted by atomic mass is 9.86. The van der Waals surface area contributed by atoms with Gasteiger partial charge in [-0.05, 0) is 64.8 Å². The van der Waals surface area contributed by atoms with E-state index in [1.54, 1.807) is 24.4 Å². The topological polar surface area (TPSA) is 61.9 Å². The molecule has 1 aliphatic heterocycles. The summed E-state index contributed by atoms with van der Waals surface area (Å²) in [5, 5.41) is 10.2. The Balaban J connectivity index is 2.08. The normalized spacial score (nSPS) is 16.1. The third-order valence-electron chi connectivity index (χ3n) is 5.69. The first kappa shape index (κ1) is 24.0. The maximum atomic E-state index is 15.2. The highest BCUT2D eigenvalue weighted by Gasteiger charge is 2.20. The molecule has 1 aromatic carbocycles. The molecule has 2 heterocycles. The summed E-state index contributed by atoms with van der Waals surface area (Å²) in [6.45, 7) is 10.2. The highest BCUT2D eigenvalue weighted by atomic mass is 19.1. The van der Waals surface area contributed by atoms with Crippen LogP contribution in [0.4, 0.5) is 10.3 Å². The summed E-state index contributed by atoms with van der Waals surface area (Å²) in [5.74, 6) is 0.180. The molecule has 5 nitrogen and oxygen atoms in total. The van der Waals surface area contributed by atoms with Crippen molar-refractivity contribution in [3.63, 3.8) is 0 Å². The van der Waals surface area contributed by atoms with Gasteiger partial charge < -0.3 is 16.0 Å². The van der Waals surface area contributed by atoms with Gasteiger partial charge in [-0.15, -0.1) is 0 Å². The summed E-state index contributed by atoms with van der Waals surface area (Å²) in [4.78, 5) is 9.26. The fraction of sp³-hybridized carbons (Fsp3) is 0.440. The average Bonchev–Trinajstić information content (AvgIpc) is 2.79. The van der Waals surface area contributed by atoms with E-state index in [2.05, 4.69) is 41.7 Å². The second-order valence-electron chi connectivity index (χ2n) is 8.53. The zero-order chi connectivity index (χ0) is 23.1. The number of hydrogen-bond donors (Lipinski definition) is 3. The number of halogens is 1. The van der Waals surface area contributed by atoms with Crippen LogP contribution in [0.25, 0.3) is 11.1 Å². The standard InChI is InChI=1S/C25H33BFN5/c1-5-17(4)23(19-7-6-8-21(26)24(19)27)20(15-30-16(2)3)22-11-14-29-25(32-22)31-18-9-12-28-13-10-18/h6-8,11,14-16,18,28,30H,5,9-10,12-13H2,1-4H3,(H,29,31,32)/b20-15-,23-17+. The predicted molar refractivity (Wildman–Crippen MR) is 132 cm³/mol. The molecule has 0 spiro atoms. The van der Waals surface area contributed by atoms with Crippen molar-refractivity contribution in [2.24, 2.45) is 0 Å². The van der Waals surface area contributed by atoms with Gasteiger partial charge in [-0.25, -0.2) is 14.4 Å². The third-order valence-corrected chi connectivity index (χ3v) is 5.69. The summed E-state index contributed by atoms with van der Waals surface area (Å²) in [7, 11) is 5.92. The Bertz CT molecular complexity index is 980. The molecule has 168 valence electrons. The summed E-state index contributed by atoms with van der Waals surface area (Å²) in [6, 6.07) is 7.57. The molecule has 0 aliphatic carbocycles. The number of nitrogens with zero attached hydrogens (tertiary/aromatic N) is 2. The van der Waals surface area contributed by atoms with E-state index in [-0.39, 0.29) is 11.5 Å². The zero-order valence-electron chi connectivity index (χ0n) is 19.5. The van der Waals surface area contributed by atoms with Crippen molar-refractivity contribution in [2.75, 3.05) is 18.4 Å². The molecule has 1 saturated heterocycles. The van der Waals surface area contributed by atoms with Crippen molar-refractivity contribution in [3.8, 4) is 0 Å². The Morgan fingerprint density at radius 3 is 2.72 bits per heavy atom. The first-order chi connectivity index (χ1) is 15.4. The van der Waals surface area contributed by atoms with E-state index in [4.69, 9.17) is 12.8 Å². The molecular weight excluding hydrogens is 400 g/mol. The van der Waals surface area contributed by atoms with Crippen LogP contribution in [0.1, 0.15) is 58.2 Å². The Hall–Kier alpha value is -2.67. The van der Waals surface area contributed by atoms with Crippen LogP contribution in [0.3, 0.4) is 0 Å². The lowest BCUT2D eigenvalue weighted by Crippen LogP contribution is -2.35. The van der Waals surface area contributed by atoms with Gasteiger partial charge in [0.1, 0.15) is 13.7 Å². The molecule has 0 saturated carbocycles. The molecule has 2 radical (unpaired) electrons. The summed E-state index contributed by atoms with van der Waals surface area (Å²) in [5.41, 5.74) is 4.02. The molecule has 0 amide bonds. The molecule has 7 heteroatoms. The second-order valence-corrected chi connectivity index (χ2v) is 8.53. The Labute approximate surface area is 192 Å². The summed E-state index contributed by atoms with van der Waals surface area (Å²) in [6.07, 6.45) is 6.51. The van der Waals surface area contributed by atoms with E-state index in [0.29, 0.717) is 17.6 Å².